The standard InChI is InChI=1S/C21H24FN3O2S/c1-3-24(4-2)12-6-13-25(20(26)19-7-5-14-27-19)21-23-18(15-28-21)16-8-10-17(22)11-9-16/h5,7-11,14-15H,3-4,6,12-13H2,1-2H3/p+1. The van der Waals surface area contributed by atoms with Crippen molar-refractivity contribution in [2.24, 2.45) is 0 Å². The molecule has 148 valence electrons. The van der Waals surface area contributed by atoms with Gasteiger partial charge >= 0.3 is 0 Å². The molecule has 0 aliphatic rings. The molecule has 0 bridgehead atoms. The third-order valence-electron chi connectivity index (χ3n) is 4.75. The molecule has 28 heavy (non-hydrogen) atoms. The van der Waals surface area contributed by atoms with Gasteiger partial charge in [0.25, 0.3) is 5.91 Å². The number of thiazole rings is 1. The van der Waals surface area contributed by atoms with Crippen LogP contribution in [0.2, 0.25) is 0 Å². The van der Waals surface area contributed by atoms with Gasteiger partial charge in [-0.25, -0.2) is 9.37 Å². The van der Waals surface area contributed by atoms with Crippen LogP contribution < -0.4 is 9.80 Å². The zero-order chi connectivity index (χ0) is 19.9. The first-order valence-electron chi connectivity index (χ1n) is 9.52. The number of anilines is 1. The molecule has 0 atom stereocenters. The van der Waals surface area contributed by atoms with Gasteiger partial charge in [0.2, 0.25) is 0 Å². The largest absolute Gasteiger partial charge is 0.459 e. The minimum atomic E-state index is -0.285. The summed E-state index contributed by atoms with van der Waals surface area (Å²) in [4.78, 5) is 20.8. The summed E-state index contributed by atoms with van der Waals surface area (Å²) in [5, 5.41) is 2.51. The second-order valence-electron chi connectivity index (χ2n) is 6.52. The lowest BCUT2D eigenvalue weighted by atomic mass is 10.2. The molecule has 0 spiro atoms. The zero-order valence-electron chi connectivity index (χ0n) is 16.2. The molecule has 0 radical (unpaired) electrons. The predicted octanol–water partition coefficient (Wildman–Crippen LogP) is 3.50. The monoisotopic (exact) mass is 402 g/mol. The van der Waals surface area contributed by atoms with Crippen LogP contribution in [0.25, 0.3) is 11.3 Å². The van der Waals surface area contributed by atoms with Crippen molar-refractivity contribution >= 4 is 22.4 Å². The Labute approximate surface area is 168 Å². The fourth-order valence-electron chi connectivity index (χ4n) is 3.05. The lowest BCUT2D eigenvalue weighted by molar-refractivity contribution is -0.896. The number of aromatic nitrogens is 1. The lowest BCUT2D eigenvalue weighted by Crippen LogP contribution is -3.11. The highest BCUT2D eigenvalue weighted by Gasteiger charge is 2.23. The Morgan fingerprint density at radius 3 is 2.61 bits per heavy atom. The van der Waals surface area contributed by atoms with E-state index >= 15 is 0 Å². The summed E-state index contributed by atoms with van der Waals surface area (Å²) < 4.78 is 18.5. The quantitative estimate of drug-likeness (QED) is 0.596. The summed E-state index contributed by atoms with van der Waals surface area (Å²) in [6, 6.07) is 9.57. The highest BCUT2D eigenvalue weighted by atomic mass is 32.1. The highest BCUT2D eigenvalue weighted by molar-refractivity contribution is 7.14. The van der Waals surface area contributed by atoms with Crippen LogP contribution in [0.3, 0.4) is 0 Å². The molecule has 1 amide bonds. The van der Waals surface area contributed by atoms with Gasteiger partial charge in [-0.3, -0.25) is 9.69 Å². The minimum Gasteiger partial charge on any atom is -0.459 e. The molecule has 5 nitrogen and oxygen atoms in total. The molecule has 1 aromatic carbocycles. The van der Waals surface area contributed by atoms with Crippen molar-refractivity contribution in [1.82, 2.24) is 4.98 Å². The average molecular weight is 403 g/mol. The van der Waals surface area contributed by atoms with Gasteiger partial charge in [0.1, 0.15) is 5.82 Å². The summed E-state index contributed by atoms with van der Waals surface area (Å²) in [5.74, 6) is -0.180. The summed E-state index contributed by atoms with van der Waals surface area (Å²) in [6.45, 7) is 8.02. The Balaban J connectivity index is 1.80. The molecule has 0 fully saturated rings. The van der Waals surface area contributed by atoms with Crippen LogP contribution in [0.5, 0.6) is 0 Å². The highest BCUT2D eigenvalue weighted by Crippen LogP contribution is 2.28. The lowest BCUT2D eigenvalue weighted by Gasteiger charge is -2.21. The Bertz CT molecular complexity index is 873. The fraction of sp³-hybridized carbons (Fsp3) is 0.333. The van der Waals surface area contributed by atoms with Gasteiger partial charge < -0.3 is 9.32 Å². The third-order valence-corrected chi connectivity index (χ3v) is 5.62. The zero-order valence-corrected chi connectivity index (χ0v) is 17.0. The van der Waals surface area contributed by atoms with E-state index in [9.17, 15) is 9.18 Å². The van der Waals surface area contributed by atoms with E-state index in [-0.39, 0.29) is 11.7 Å². The van der Waals surface area contributed by atoms with E-state index in [1.165, 1.54) is 34.6 Å². The number of carbonyl (C=O) groups excluding carboxylic acids is 1. The number of amides is 1. The maximum atomic E-state index is 13.2. The van der Waals surface area contributed by atoms with Gasteiger partial charge in [0.05, 0.1) is 31.6 Å². The number of halogens is 1. The van der Waals surface area contributed by atoms with E-state index in [0.717, 1.165) is 37.3 Å². The van der Waals surface area contributed by atoms with Crippen LogP contribution in [0, 0.1) is 5.82 Å². The number of nitrogens with zero attached hydrogens (tertiary/aromatic N) is 2. The van der Waals surface area contributed by atoms with Gasteiger partial charge in [0, 0.05) is 23.9 Å². The first-order chi connectivity index (χ1) is 13.6. The number of hydrogen-bond donors (Lipinski definition) is 1. The summed E-state index contributed by atoms with van der Waals surface area (Å²) >= 11 is 1.40. The van der Waals surface area contributed by atoms with E-state index in [1.54, 1.807) is 29.2 Å². The molecule has 2 aromatic heterocycles. The van der Waals surface area contributed by atoms with Gasteiger partial charge in [-0.1, -0.05) is 0 Å². The molecule has 7 heteroatoms. The molecule has 0 saturated heterocycles. The van der Waals surface area contributed by atoms with E-state index in [1.807, 2.05) is 5.38 Å². The molecular weight excluding hydrogens is 377 g/mol. The van der Waals surface area contributed by atoms with Crippen LogP contribution in [0.15, 0.2) is 52.5 Å². The van der Waals surface area contributed by atoms with Crippen molar-refractivity contribution in [1.29, 1.82) is 0 Å². The number of nitrogens with one attached hydrogen (secondary N) is 1. The number of rotatable bonds is 9. The van der Waals surface area contributed by atoms with Crippen LogP contribution in [0.1, 0.15) is 30.8 Å². The molecule has 0 saturated carbocycles. The first kappa shape index (κ1) is 20.2. The SMILES string of the molecule is CC[NH+](CC)CCCN(C(=O)c1ccco1)c1nc(-c2ccc(F)cc2)cs1. The Morgan fingerprint density at radius 2 is 1.96 bits per heavy atom. The number of quaternary nitrogens is 1. The molecule has 0 aliphatic heterocycles. The molecule has 0 unspecified atom stereocenters. The topological polar surface area (TPSA) is 50.8 Å². The molecule has 3 rings (SSSR count). The number of hydrogen-bond acceptors (Lipinski definition) is 4. The van der Waals surface area contributed by atoms with E-state index in [0.29, 0.717) is 17.4 Å². The van der Waals surface area contributed by atoms with Gasteiger partial charge in [-0.2, -0.15) is 0 Å². The van der Waals surface area contributed by atoms with Crippen LogP contribution >= 0.6 is 11.3 Å². The molecule has 0 aliphatic carbocycles. The maximum absolute atomic E-state index is 13.2. The number of furan rings is 1. The second kappa shape index (κ2) is 9.61. The molecule has 2 heterocycles. The van der Waals surface area contributed by atoms with E-state index in [2.05, 4.69) is 18.8 Å². The van der Waals surface area contributed by atoms with Gasteiger partial charge in [-0.15, -0.1) is 11.3 Å². The van der Waals surface area contributed by atoms with Crippen molar-refractivity contribution in [2.75, 3.05) is 31.1 Å². The number of benzene rings is 1. The molecule has 3 aromatic rings. The Hall–Kier alpha value is -2.51. The molecular formula is C21H25FN3O2S+. The Kier molecular flexibility index (Phi) is 6.95. The first-order valence-corrected chi connectivity index (χ1v) is 10.4. The summed E-state index contributed by atoms with van der Waals surface area (Å²) in [7, 11) is 0. The van der Waals surface area contributed by atoms with Crippen LogP contribution in [-0.4, -0.2) is 37.1 Å². The summed E-state index contributed by atoms with van der Waals surface area (Å²) in [5.41, 5.74) is 1.55. The van der Waals surface area contributed by atoms with Crippen molar-refractivity contribution in [3.63, 3.8) is 0 Å². The van der Waals surface area contributed by atoms with E-state index in [4.69, 9.17) is 4.42 Å². The second-order valence-corrected chi connectivity index (χ2v) is 7.35. The fourth-order valence-corrected chi connectivity index (χ4v) is 3.91. The van der Waals surface area contributed by atoms with Crippen molar-refractivity contribution in [3.05, 3.63) is 59.6 Å². The van der Waals surface area contributed by atoms with Crippen molar-refractivity contribution < 1.29 is 18.5 Å². The van der Waals surface area contributed by atoms with Crippen LogP contribution in [-0.2, 0) is 0 Å². The minimum absolute atomic E-state index is 0.195. The summed E-state index contributed by atoms with van der Waals surface area (Å²) in [6.07, 6.45) is 2.37. The van der Waals surface area contributed by atoms with Crippen molar-refractivity contribution in [2.45, 2.75) is 20.3 Å². The maximum Gasteiger partial charge on any atom is 0.295 e. The van der Waals surface area contributed by atoms with Gasteiger partial charge in [-0.05, 0) is 50.2 Å². The predicted molar refractivity (Wildman–Crippen MR) is 109 cm³/mol. The van der Waals surface area contributed by atoms with Crippen LogP contribution in [0.4, 0.5) is 9.52 Å². The number of carbonyl (C=O) groups is 1. The third kappa shape index (κ3) is 4.85. The van der Waals surface area contributed by atoms with E-state index < -0.39 is 0 Å². The normalized spacial score (nSPS) is 11.1. The van der Waals surface area contributed by atoms with Gasteiger partial charge in [0.15, 0.2) is 10.9 Å². The van der Waals surface area contributed by atoms with Crippen molar-refractivity contribution in [3.8, 4) is 11.3 Å². The molecule has 1 N–H and O–H groups in total. The average Bonchev–Trinajstić information content (AvgIpc) is 3.41. The Morgan fingerprint density at radius 1 is 1.21 bits per heavy atom. The smallest absolute Gasteiger partial charge is 0.295 e.